The molecule has 1 fully saturated rings. The average molecular weight is 536 g/mol. The molecule has 0 bridgehead atoms. The van der Waals surface area contributed by atoms with Crippen LogP contribution in [0.4, 0.5) is 24.9 Å². The van der Waals surface area contributed by atoms with E-state index in [2.05, 4.69) is 20.0 Å². The lowest BCUT2D eigenvalue weighted by Crippen LogP contribution is -2.33. The molecule has 1 aliphatic carbocycles. The number of rotatable bonds is 9. The van der Waals surface area contributed by atoms with Crippen molar-refractivity contribution < 1.29 is 21.6 Å². The summed E-state index contributed by atoms with van der Waals surface area (Å²) in [6.45, 7) is 1.03. The molecule has 7 nitrogen and oxygen atoms in total. The van der Waals surface area contributed by atoms with Gasteiger partial charge in [0.25, 0.3) is 0 Å². The van der Waals surface area contributed by atoms with E-state index >= 15 is 0 Å². The van der Waals surface area contributed by atoms with Gasteiger partial charge in [-0.15, -0.1) is 0 Å². The maximum Gasteiger partial charge on any atom is 0.416 e. The van der Waals surface area contributed by atoms with Crippen molar-refractivity contribution in [2.75, 3.05) is 37.4 Å². The first-order chi connectivity index (χ1) is 17.5. The maximum atomic E-state index is 12.9. The lowest BCUT2D eigenvalue weighted by Gasteiger charge is -2.28. The minimum Gasteiger partial charge on any atom is -0.362 e. The molecule has 11 heteroatoms. The van der Waals surface area contributed by atoms with Gasteiger partial charge in [-0.05, 0) is 61.3 Å². The van der Waals surface area contributed by atoms with E-state index in [1.807, 2.05) is 43.3 Å². The Morgan fingerprint density at radius 1 is 0.946 bits per heavy atom. The number of hydrogen-bond donors (Lipinski definition) is 2. The number of halogens is 3. The fourth-order valence-electron chi connectivity index (χ4n) is 4.71. The van der Waals surface area contributed by atoms with Crippen LogP contribution in [0.1, 0.15) is 36.8 Å². The van der Waals surface area contributed by atoms with Crippen molar-refractivity contribution in [1.82, 2.24) is 14.7 Å². The second-order valence-corrected chi connectivity index (χ2v) is 11.7. The number of anilines is 2. The van der Waals surface area contributed by atoms with E-state index in [4.69, 9.17) is 0 Å². The Morgan fingerprint density at radius 3 is 2.30 bits per heavy atom. The summed E-state index contributed by atoms with van der Waals surface area (Å²) in [5.74, 6) is 1.60. The standard InChI is InChI=1S/C26H32F3N5O2S/c1-34(2)24-22-8-3-4-9-23(22)32-25(33-24)30-15-18-10-12-19(13-11-18)16-31-37(35,36)17-20-6-5-7-21(14-20)26(27,28)29/h3-9,14,18-19,31H,10-13,15-17H2,1-2H3,(H,30,32,33). The summed E-state index contributed by atoms with van der Waals surface area (Å²) in [4.78, 5) is 11.3. The minimum atomic E-state index is -4.50. The third-order valence-electron chi connectivity index (χ3n) is 6.72. The second-order valence-electron chi connectivity index (χ2n) is 9.86. The Hall–Kier alpha value is -2.92. The number of nitrogens with zero attached hydrogens (tertiary/aromatic N) is 3. The number of nitrogens with one attached hydrogen (secondary N) is 2. The van der Waals surface area contributed by atoms with Gasteiger partial charge in [-0.25, -0.2) is 18.1 Å². The van der Waals surface area contributed by atoms with E-state index in [0.29, 0.717) is 18.4 Å². The Labute approximate surface area is 215 Å². The van der Waals surface area contributed by atoms with Gasteiger partial charge in [0.1, 0.15) is 5.82 Å². The quantitative estimate of drug-likeness (QED) is 0.399. The van der Waals surface area contributed by atoms with Crippen molar-refractivity contribution in [3.8, 4) is 0 Å². The van der Waals surface area contributed by atoms with Crippen molar-refractivity contribution in [3.63, 3.8) is 0 Å². The first-order valence-electron chi connectivity index (χ1n) is 12.3. The molecule has 1 aliphatic rings. The molecule has 2 aromatic carbocycles. The molecule has 0 radical (unpaired) electrons. The smallest absolute Gasteiger partial charge is 0.362 e. The van der Waals surface area contributed by atoms with Crippen LogP contribution in [0.25, 0.3) is 10.9 Å². The zero-order valence-electron chi connectivity index (χ0n) is 20.9. The monoisotopic (exact) mass is 535 g/mol. The van der Waals surface area contributed by atoms with Gasteiger partial charge in [-0.2, -0.15) is 18.2 Å². The SMILES string of the molecule is CN(C)c1nc(NCC2CCC(CNS(=O)(=O)Cc3cccc(C(F)(F)F)c3)CC2)nc2ccccc12. The Bertz CT molecular complexity index is 1320. The summed E-state index contributed by atoms with van der Waals surface area (Å²) in [6.07, 6.45) is -0.863. The Kier molecular flexibility index (Phi) is 8.23. The van der Waals surface area contributed by atoms with Crippen LogP contribution in [-0.4, -0.2) is 45.6 Å². The van der Waals surface area contributed by atoms with Crippen molar-refractivity contribution in [1.29, 1.82) is 0 Å². The zero-order valence-corrected chi connectivity index (χ0v) is 21.7. The maximum absolute atomic E-state index is 12.9. The molecule has 0 unspecified atom stereocenters. The number of fused-ring (bicyclic) bond motifs is 1. The molecule has 3 aromatic rings. The molecule has 4 rings (SSSR count). The lowest BCUT2D eigenvalue weighted by atomic mass is 9.82. The van der Waals surface area contributed by atoms with Gasteiger partial charge in [-0.3, -0.25) is 0 Å². The second kappa shape index (κ2) is 11.2. The van der Waals surface area contributed by atoms with E-state index in [9.17, 15) is 21.6 Å². The molecule has 0 atom stereocenters. The summed E-state index contributed by atoms with van der Waals surface area (Å²) in [5.41, 5.74) is 0.148. The van der Waals surface area contributed by atoms with Crippen LogP contribution >= 0.6 is 0 Å². The molecule has 2 N–H and O–H groups in total. The summed E-state index contributed by atoms with van der Waals surface area (Å²) < 4.78 is 66.3. The number of sulfonamides is 1. The van der Waals surface area contributed by atoms with Gasteiger partial charge < -0.3 is 10.2 Å². The average Bonchev–Trinajstić information content (AvgIpc) is 2.85. The largest absolute Gasteiger partial charge is 0.416 e. The zero-order chi connectivity index (χ0) is 26.6. The molecule has 1 saturated carbocycles. The van der Waals surface area contributed by atoms with Gasteiger partial charge in [0.05, 0.1) is 16.8 Å². The molecule has 1 aromatic heterocycles. The number of benzene rings is 2. The lowest BCUT2D eigenvalue weighted by molar-refractivity contribution is -0.137. The van der Waals surface area contributed by atoms with E-state index in [-0.39, 0.29) is 11.5 Å². The van der Waals surface area contributed by atoms with Gasteiger partial charge >= 0.3 is 6.18 Å². The van der Waals surface area contributed by atoms with Gasteiger partial charge in [-0.1, -0.05) is 30.3 Å². The predicted molar refractivity (Wildman–Crippen MR) is 140 cm³/mol. The van der Waals surface area contributed by atoms with Gasteiger partial charge in [0.15, 0.2) is 0 Å². The molecule has 0 spiro atoms. The topological polar surface area (TPSA) is 87.2 Å². The van der Waals surface area contributed by atoms with E-state index in [1.54, 1.807) is 0 Å². The highest BCUT2D eigenvalue weighted by molar-refractivity contribution is 7.88. The molecule has 37 heavy (non-hydrogen) atoms. The number of para-hydroxylation sites is 1. The first-order valence-corrected chi connectivity index (χ1v) is 14.0. The summed E-state index contributed by atoms with van der Waals surface area (Å²) in [5, 5.41) is 4.37. The van der Waals surface area contributed by atoms with E-state index in [0.717, 1.165) is 61.1 Å². The molecular formula is C26H32F3N5O2S. The molecular weight excluding hydrogens is 503 g/mol. The normalized spacial score (nSPS) is 18.6. The first kappa shape index (κ1) is 27.1. The van der Waals surface area contributed by atoms with Crippen molar-refractivity contribution >= 4 is 32.7 Å². The fraction of sp³-hybridized carbons (Fsp3) is 0.462. The Balaban J connectivity index is 1.25. The van der Waals surface area contributed by atoms with Gasteiger partial charge in [0, 0.05) is 32.6 Å². The summed E-state index contributed by atoms with van der Waals surface area (Å²) >= 11 is 0. The molecule has 0 saturated heterocycles. The third kappa shape index (κ3) is 7.32. The van der Waals surface area contributed by atoms with E-state index in [1.165, 1.54) is 12.1 Å². The van der Waals surface area contributed by atoms with Crippen molar-refractivity contribution in [3.05, 3.63) is 59.7 Å². The van der Waals surface area contributed by atoms with Crippen LogP contribution in [0.15, 0.2) is 48.5 Å². The predicted octanol–water partition coefficient (Wildman–Crippen LogP) is 5.05. The summed E-state index contributed by atoms with van der Waals surface area (Å²) in [7, 11) is 0.169. The number of alkyl halides is 3. The van der Waals surface area contributed by atoms with Crippen LogP contribution in [0.2, 0.25) is 0 Å². The van der Waals surface area contributed by atoms with Gasteiger partial charge in [0.2, 0.25) is 16.0 Å². The van der Waals surface area contributed by atoms with Crippen LogP contribution in [-0.2, 0) is 22.0 Å². The highest BCUT2D eigenvalue weighted by Gasteiger charge is 2.31. The highest BCUT2D eigenvalue weighted by Crippen LogP contribution is 2.31. The van der Waals surface area contributed by atoms with Crippen LogP contribution in [0.3, 0.4) is 0 Å². The van der Waals surface area contributed by atoms with Crippen LogP contribution in [0, 0.1) is 11.8 Å². The Morgan fingerprint density at radius 2 is 1.62 bits per heavy atom. The number of aromatic nitrogens is 2. The minimum absolute atomic E-state index is 0.116. The fourth-order valence-corrected chi connectivity index (χ4v) is 5.92. The summed E-state index contributed by atoms with van der Waals surface area (Å²) in [6, 6.07) is 12.3. The van der Waals surface area contributed by atoms with Crippen molar-refractivity contribution in [2.45, 2.75) is 37.6 Å². The molecule has 0 amide bonds. The highest BCUT2D eigenvalue weighted by atomic mass is 32.2. The molecule has 1 heterocycles. The number of hydrogen-bond acceptors (Lipinski definition) is 6. The van der Waals surface area contributed by atoms with Crippen LogP contribution < -0.4 is 14.9 Å². The van der Waals surface area contributed by atoms with Crippen LogP contribution in [0.5, 0.6) is 0 Å². The third-order valence-corrected chi connectivity index (χ3v) is 8.04. The van der Waals surface area contributed by atoms with Crippen molar-refractivity contribution in [2.24, 2.45) is 11.8 Å². The van der Waals surface area contributed by atoms with E-state index < -0.39 is 27.5 Å². The molecule has 200 valence electrons. The molecule has 0 aliphatic heterocycles.